The van der Waals surface area contributed by atoms with Crippen LogP contribution in [0.25, 0.3) is 0 Å². The third-order valence-electron chi connectivity index (χ3n) is 5.19. The van der Waals surface area contributed by atoms with E-state index in [0.29, 0.717) is 25.0 Å². The number of nitrogens with zero attached hydrogens (tertiary/aromatic N) is 2. The Morgan fingerprint density at radius 2 is 1.87 bits per heavy atom. The first-order valence-corrected chi connectivity index (χ1v) is 11.1. The van der Waals surface area contributed by atoms with Crippen LogP contribution >= 0.6 is 0 Å². The summed E-state index contributed by atoms with van der Waals surface area (Å²) in [6, 6.07) is 8.02. The molecule has 174 valence electrons. The summed E-state index contributed by atoms with van der Waals surface area (Å²) in [7, 11) is 5.13. The van der Waals surface area contributed by atoms with E-state index in [-0.39, 0.29) is 12.5 Å². The average Bonchev–Trinajstić information content (AvgIpc) is 2.80. The van der Waals surface area contributed by atoms with Crippen LogP contribution in [-0.4, -0.2) is 84.0 Å². The second-order valence-electron chi connectivity index (χ2n) is 7.89. The van der Waals surface area contributed by atoms with Gasteiger partial charge < -0.3 is 29.7 Å². The Morgan fingerprint density at radius 1 is 1.16 bits per heavy atom. The van der Waals surface area contributed by atoms with Gasteiger partial charge in [0.1, 0.15) is 12.3 Å². The maximum absolute atomic E-state index is 11.9. The van der Waals surface area contributed by atoms with Crippen LogP contribution in [-0.2, 0) is 20.7 Å². The Bertz CT molecular complexity index is 658. The molecule has 31 heavy (non-hydrogen) atoms. The second-order valence-corrected chi connectivity index (χ2v) is 7.89. The Hall–Kier alpha value is -2.32. The van der Waals surface area contributed by atoms with Gasteiger partial charge in [0.15, 0.2) is 5.96 Å². The van der Waals surface area contributed by atoms with Crippen LogP contribution in [0, 0.1) is 5.92 Å². The van der Waals surface area contributed by atoms with E-state index in [4.69, 9.17) is 14.2 Å². The molecule has 0 aromatic heterocycles. The third kappa shape index (κ3) is 10.5. The first-order chi connectivity index (χ1) is 15.1. The first kappa shape index (κ1) is 24.9. The Balaban J connectivity index is 1.70. The monoisotopic (exact) mass is 434 g/mol. The van der Waals surface area contributed by atoms with Gasteiger partial charge in [-0.1, -0.05) is 12.1 Å². The molecule has 0 atom stereocenters. The standard InChI is InChI=1S/C23H38N4O4/c1-27(2)22(28)17-26-23(25-13-9-19-5-7-21(29-3)8-6-19)24-12-4-14-31-18-20-10-15-30-16-11-20/h5-8,20H,4,9-18H2,1-3H3,(H2,24,25,26). The van der Waals surface area contributed by atoms with Crippen molar-refractivity contribution >= 4 is 11.9 Å². The van der Waals surface area contributed by atoms with E-state index in [1.807, 2.05) is 12.1 Å². The summed E-state index contributed by atoms with van der Waals surface area (Å²) in [5.41, 5.74) is 1.21. The van der Waals surface area contributed by atoms with Crippen LogP contribution in [0.15, 0.2) is 29.3 Å². The van der Waals surface area contributed by atoms with Gasteiger partial charge in [-0.2, -0.15) is 0 Å². The van der Waals surface area contributed by atoms with Gasteiger partial charge >= 0.3 is 0 Å². The molecule has 0 spiro atoms. The number of benzene rings is 1. The van der Waals surface area contributed by atoms with Crippen molar-refractivity contribution in [1.82, 2.24) is 15.5 Å². The van der Waals surface area contributed by atoms with Crippen molar-refractivity contribution in [1.29, 1.82) is 0 Å². The lowest BCUT2D eigenvalue weighted by atomic mass is 10.0. The van der Waals surface area contributed by atoms with Gasteiger partial charge in [-0.05, 0) is 49.3 Å². The molecule has 8 heteroatoms. The van der Waals surface area contributed by atoms with Gasteiger partial charge in [0.25, 0.3) is 0 Å². The highest BCUT2D eigenvalue weighted by Gasteiger charge is 2.13. The quantitative estimate of drug-likeness (QED) is 0.296. The Kier molecular flexibility index (Phi) is 11.8. The highest BCUT2D eigenvalue weighted by Crippen LogP contribution is 2.14. The number of amides is 1. The SMILES string of the molecule is COc1ccc(CCNC(=NCC(=O)N(C)C)NCCCOCC2CCOCC2)cc1. The lowest BCUT2D eigenvalue weighted by Crippen LogP contribution is -2.40. The zero-order valence-corrected chi connectivity index (χ0v) is 19.2. The number of ether oxygens (including phenoxy) is 3. The minimum absolute atomic E-state index is 0.0314. The number of rotatable bonds is 12. The number of carbonyl (C=O) groups excluding carboxylic acids is 1. The molecular weight excluding hydrogens is 396 g/mol. The Labute approximate surface area is 186 Å². The lowest BCUT2D eigenvalue weighted by Gasteiger charge is -2.21. The summed E-state index contributed by atoms with van der Waals surface area (Å²) < 4.78 is 16.4. The third-order valence-corrected chi connectivity index (χ3v) is 5.19. The molecule has 2 rings (SSSR count). The maximum atomic E-state index is 11.9. The van der Waals surface area contributed by atoms with Crippen LogP contribution in [0.3, 0.4) is 0 Å². The van der Waals surface area contributed by atoms with Gasteiger partial charge in [0, 0.05) is 53.6 Å². The molecule has 1 aliphatic heterocycles. The molecule has 1 saturated heterocycles. The van der Waals surface area contributed by atoms with Gasteiger partial charge in [-0.25, -0.2) is 4.99 Å². The zero-order valence-electron chi connectivity index (χ0n) is 19.2. The van der Waals surface area contributed by atoms with E-state index >= 15 is 0 Å². The van der Waals surface area contributed by atoms with Crippen LogP contribution < -0.4 is 15.4 Å². The van der Waals surface area contributed by atoms with Gasteiger partial charge in [0.05, 0.1) is 7.11 Å². The highest BCUT2D eigenvalue weighted by molar-refractivity contribution is 5.84. The predicted octanol–water partition coefficient (Wildman–Crippen LogP) is 1.69. The van der Waals surface area contributed by atoms with Crippen LogP contribution in [0.1, 0.15) is 24.8 Å². The molecule has 1 aromatic carbocycles. The number of methoxy groups -OCH3 is 1. The van der Waals surface area contributed by atoms with E-state index in [0.717, 1.165) is 57.8 Å². The molecule has 1 fully saturated rings. The van der Waals surface area contributed by atoms with E-state index in [2.05, 4.69) is 27.8 Å². The molecule has 0 unspecified atom stereocenters. The normalized spacial score (nSPS) is 14.9. The predicted molar refractivity (Wildman–Crippen MR) is 123 cm³/mol. The number of aliphatic imine (C=N–C) groups is 1. The number of likely N-dealkylation sites (N-methyl/N-ethyl adjacent to an activating group) is 1. The second kappa shape index (κ2) is 14.6. The molecule has 0 bridgehead atoms. The molecule has 1 amide bonds. The van der Waals surface area contributed by atoms with E-state index in [9.17, 15) is 4.79 Å². The van der Waals surface area contributed by atoms with Crippen molar-refractivity contribution in [3.8, 4) is 5.75 Å². The van der Waals surface area contributed by atoms with Gasteiger partial charge in [0.2, 0.25) is 5.91 Å². The molecule has 1 aliphatic rings. The zero-order chi connectivity index (χ0) is 22.3. The minimum atomic E-state index is -0.0314. The largest absolute Gasteiger partial charge is 0.497 e. The number of guanidine groups is 1. The minimum Gasteiger partial charge on any atom is -0.497 e. The van der Waals surface area contributed by atoms with Crippen LogP contribution in [0.4, 0.5) is 0 Å². The number of hydrogen-bond acceptors (Lipinski definition) is 5. The molecule has 8 nitrogen and oxygen atoms in total. The number of hydrogen-bond donors (Lipinski definition) is 2. The first-order valence-electron chi connectivity index (χ1n) is 11.1. The summed E-state index contributed by atoms with van der Waals surface area (Å²) in [6.07, 6.45) is 3.91. The lowest BCUT2D eigenvalue weighted by molar-refractivity contribution is -0.127. The summed E-state index contributed by atoms with van der Waals surface area (Å²) in [5.74, 6) is 2.08. The fraction of sp³-hybridized carbons (Fsp3) is 0.652. The van der Waals surface area contributed by atoms with Crippen molar-refractivity contribution in [2.24, 2.45) is 10.9 Å². The summed E-state index contributed by atoms with van der Waals surface area (Å²) in [4.78, 5) is 17.9. The fourth-order valence-corrected chi connectivity index (χ4v) is 3.12. The fourth-order valence-electron chi connectivity index (χ4n) is 3.12. The summed E-state index contributed by atoms with van der Waals surface area (Å²) >= 11 is 0. The van der Waals surface area contributed by atoms with Crippen molar-refractivity contribution < 1.29 is 19.0 Å². The van der Waals surface area contributed by atoms with Crippen molar-refractivity contribution in [2.45, 2.75) is 25.7 Å². The maximum Gasteiger partial charge on any atom is 0.243 e. The van der Waals surface area contributed by atoms with E-state index in [1.54, 1.807) is 26.1 Å². The van der Waals surface area contributed by atoms with E-state index < -0.39 is 0 Å². The van der Waals surface area contributed by atoms with Gasteiger partial charge in [-0.15, -0.1) is 0 Å². The molecule has 1 heterocycles. The summed E-state index contributed by atoms with van der Waals surface area (Å²) in [6.45, 7) is 4.78. The number of nitrogens with one attached hydrogen (secondary N) is 2. The molecule has 1 aromatic rings. The highest BCUT2D eigenvalue weighted by atomic mass is 16.5. The van der Waals surface area contributed by atoms with Crippen LogP contribution in [0.2, 0.25) is 0 Å². The Morgan fingerprint density at radius 3 is 2.55 bits per heavy atom. The van der Waals surface area contributed by atoms with Crippen LogP contribution in [0.5, 0.6) is 5.75 Å². The van der Waals surface area contributed by atoms with Crippen molar-refractivity contribution in [3.63, 3.8) is 0 Å². The molecular formula is C23H38N4O4. The topological polar surface area (TPSA) is 84.4 Å². The van der Waals surface area contributed by atoms with Gasteiger partial charge in [-0.3, -0.25) is 4.79 Å². The van der Waals surface area contributed by atoms with Crippen molar-refractivity contribution in [3.05, 3.63) is 29.8 Å². The molecule has 0 saturated carbocycles. The van der Waals surface area contributed by atoms with E-state index in [1.165, 1.54) is 5.56 Å². The molecule has 2 N–H and O–H groups in total. The molecule has 0 radical (unpaired) electrons. The smallest absolute Gasteiger partial charge is 0.243 e. The number of carbonyl (C=O) groups is 1. The van der Waals surface area contributed by atoms with Crippen molar-refractivity contribution in [2.75, 3.05) is 67.3 Å². The average molecular weight is 435 g/mol. The summed E-state index contributed by atoms with van der Waals surface area (Å²) in [5, 5.41) is 6.62. The molecule has 0 aliphatic carbocycles.